The molecule has 4 aromatic heterocycles. The maximum absolute atomic E-state index is 4.68. The van der Waals surface area contributed by atoms with Crippen molar-refractivity contribution >= 4 is 28.0 Å². The van der Waals surface area contributed by atoms with Crippen molar-refractivity contribution in [1.82, 2.24) is 33.8 Å². The number of imidazole rings is 1. The van der Waals surface area contributed by atoms with E-state index in [1.807, 2.05) is 29.9 Å². The number of aromatic amines is 1. The SMILES string of the molecule is COC.Cc1cn2c(-c3cn[nH]c3)cnc2c(Nc2cc(CN3CCCCC3C)ns2)n1. The Morgan fingerprint density at radius 1 is 1.28 bits per heavy atom. The zero-order valence-corrected chi connectivity index (χ0v) is 19.8. The van der Waals surface area contributed by atoms with Crippen LogP contribution in [-0.4, -0.2) is 60.6 Å². The van der Waals surface area contributed by atoms with Crippen LogP contribution in [0, 0.1) is 6.92 Å². The van der Waals surface area contributed by atoms with Gasteiger partial charge in [0.15, 0.2) is 11.5 Å². The van der Waals surface area contributed by atoms with Crippen molar-refractivity contribution in [3.05, 3.63) is 42.2 Å². The predicted octanol–water partition coefficient (Wildman–Crippen LogP) is 4.26. The van der Waals surface area contributed by atoms with E-state index in [9.17, 15) is 0 Å². The molecule has 0 aromatic carbocycles. The Labute approximate surface area is 192 Å². The molecule has 170 valence electrons. The van der Waals surface area contributed by atoms with E-state index in [1.165, 1.54) is 30.8 Å². The molecular weight excluding hydrogens is 424 g/mol. The smallest absolute Gasteiger partial charge is 0.180 e. The number of rotatable bonds is 5. The minimum Gasteiger partial charge on any atom is -0.388 e. The molecular formula is C22H30N8OS. The molecule has 0 radical (unpaired) electrons. The van der Waals surface area contributed by atoms with Gasteiger partial charge in [0.05, 0.1) is 29.5 Å². The number of ether oxygens (including phenoxy) is 1. The summed E-state index contributed by atoms with van der Waals surface area (Å²) in [5, 5.41) is 11.3. The van der Waals surface area contributed by atoms with Crippen LogP contribution in [0.4, 0.5) is 10.8 Å². The molecule has 10 heteroatoms. The van der Waals surface area contributed by atoms with Crippen LogP contribution in [0.25, 0.3) is 16.9 Å². The highest BCUT2D eigenvalue weighted by molar-refractivity contribution is 7.10. The number of aryl methyl sites for hydroxylation is 1. The maximum atomic E-state index is 4.68. The largest absolute Gasteiger partial charge is 0.388 e. The fraction of sp³-hybridized carbons (Fsp3) is 0.455. The van der Waals surface area contributed by atoms with Gasteiger partial charge in [0.1, 0.15) is 5.00 Å². The van der Waals surface area contributed by atoms with Crippen LogP contribution in [0.2, 0.25) is 0 Å². The van der Waals surface area contributed by atoms with Crippen LogP contribution >= 0.6 is 11.5 Å². The van der Waals surface area contributed by atoms with E-state index < -0.39 is 0 Å². The van der Waals surface area contributed by atoms with Crippen molar-refractivity contribution in [1.29, 1.82) is 0 Å². The summed E-state index contributed by atoms with van der Waals surface area (Å²) in [6, 6.07) is 2.76. The number of anilines is 2. The molecule has 2 N–H and O–H groups in total. The molecule has 32 heavy (non-hydrogen) atoms. The van der Waals surface area contributed by atoms with E-state index >= 15 is 0 Å². The first-order valence-electron chi connectivity index (χ1n) is 10.8. The van der Waals surface area contributed by atoms with E-state index in [-0.39, 0.29) is 0 Å². The number of aromatic nitrogens is 6. The molecule has 5 rings (SSSR count). The summed E-state index contributed by atoms with van der Waals surface area (Å²) in [6.45, 7) is 6.37. The van der Waals surface area contributed by atoms with Crippen LogP contribution in [0.1, 0.15) is 37.6 Å². The average molecular weight is 455 g/mol. The van der Waals surface area contributed by atoms with Crippen molar-refractivity contribution in [2.45, 2.75) is 45.7 Å². The van der Waals surface area contributed by atoms with E-state index in [4.69, 9.17) is 0 Å². The topological polar surface area (TPSA) is 96.3 Å². The first-order valence-corrected chi connectivity index (χ1v) is 11.6. The Balaban J connectivity index is 0.000000775. The summed E-state index contributed by atoms with van der Waals surface area (Å²) in [5.74, 6) is 0.737. The van der Waals surface area contributed by atoms with E-state index in [1.54, 1.807) is 20.4 Å². The minimum absolute atomic E-state index is 0.631. The number of methoxy groups -OCH3 is 1. The first-order chi connectivity index (χ1) is 15.6. The average Bonchev–Trinajstić information content (AvgIpc) is 3.51. The van der Waals surface area contributed by atoms with Crippen LogP contribution in [0.15, 0.2) is 30.9 Å². The molecule has 4 aromatic rings. The third-order valence-corrected chi connectivity index (χ3v) is 6.26. The molecule has 0 amide bonds. The molecule has 0 bridgehead atoms. The lowest BCUT2D eigenvalue weighted by molar-refractivity contribution is 0.151. The van der Waals surface area contributed by atoms with Crippen molar-refractivity contribution in [3.63, 3.8) is 0 Å². The van der Waals surface area contributed by atoms with Gasteiger partial charge >= 0.3 is 0 Å². The molecule has 1 unspecified atom stereocenters. The standard InChI is InChI=1S/C20H24N8S.C2H6O/c1-13-11-28-17(15-8-22-23-9-15)10-21-20(28)19(24-13)25-18-7-16(26-29-18)12-27-6-4-3-5-14(27)2;1-3-2/h7-11,14H,3-6,12H2,1-2H3,(H,22,23)(H,24,25);1-2H3. The summed E-state index contributed by atoms with van der Waals surface area (Å²) >= 11 is 1.47. The summed E-state index contributed by atoms with van der Waals surface area (Å²) in [4.78, 5) is 11.8. The van der Waals surface area contributed by atoms with Gasteiger partial charge in [-0.2, -0.15) is 9.47 Å². The van der Waals surface area contributed by atoms with Crippen molar-refractivity contribution in [2.24, 2.45) is 0 Å². The first kappa shape index (κ1) is 22.4. The van der Waals surface area contributed by atoms with Gasteiger partial charge in [-0.3, -0.25) is 14.4 Å². The maximum Gasteiger partial charge on any atom is 0.180 e. The van der Waals surface area contributed by atoms with Gasteiger partial charge in [0.25, 0.3) is 0 Å². The van der Waals surface area contributed by atoms with Crippen LogP contribution in [0.3, 0.4) is 0 Å². The minimum atomic E-state index is 0.631. The number of nitrogens with one attached hydrogen (secondary N) is 2. The van der Waals surface area contributed by atoms with Gasteiger partial charge in [0, 0.05) is 44.8 Å². The second-order valence-electron chi connectivity index (χ2n) is 8.09. The zero-order valence-electron chi connectivity index (χ0n) is 19.0. The number of hydrogen-bond acceptors (Lipinski definition) is 8. The molecule has 0 saturated carbocycles. The molecule has 9 nitrogen and oxygen atoms in total. The normalized spacial score (nSPS) is 16.7. The lowest BCUT2D eigenvalue weighted by Crippen LogP contribution is -2.36. The number of piperidine rings is 1. The summed E-state index contributed by atoms with van der Waals surface area (Å²) < 4.78 is 11.0. The Hall–Kier alpha value is -2.82. The van der Waals surface area contributed by atoms with Crippen molar-refractivity contribution < 1.29 is 4.74 Å². The van der Waals surface area contributed by atoms with E-state index in [0.717, 1.165) is 52.2 Å². The van der Waals surface area contributed by atoms with Crippen molar-refractivity contribution in [2.75, 3.05) is 26.1 Å². The number of H-pyrrole nitrogens is 1. The Morgan fingerprint density at radius 2 is 2.12 bits per heavy atom. The lowest BCUT2D eigenvalue weighted by atomic mass is 10.0. The summed E-state index contributed by atoms with van der Waals surface area (Å²) in [5.41, 5.74) is 4.77. The van der Waals surface area contributed by atoms with Crippen LogP contribution < -0.4 is 5.32 Å². The summed E-state index contributed by atoms with van der Waals surface area (Å²) in [7, 11) is 3.25. The molecule has 0 aliphatic carbocycles. The predicted molar refractivity (Wildman–Crippen MR) is 127 cm³/mol. The van der Waals surface area contributed by atoms with Gasteiger partial charge in [-0.05, 0) is 50.8 Å². The number of nitrogens with zero attached hydrogens (tertiary/aromatic N) is 6. The molecule has 1 fully saturated rings. The fourth-order valence-electron chi connectivity index (χ4n) is 3.96. The van der Waals surface area contributed by atoms with Gasteiger partial charge in [-0.1, -0.05) is 6.42 Å². The molecule has 1 aliphatic rings. The Kier molecular flexibility index (Phi) is 7.13. The second kappa shape index (κ2) is 10.2. The van der Waals surface area contributed by atoms with Gasteiger partial charge in [-0.15, -0.1) is 0 Å². The quantitative estimate of drug-likeness (QED) is 0.465. The number of likely N-dealkylation sites (tertiary alicyclic amines) is 1. The van der Waals surface area contributed by atoms with Gasteiger partial charge in [0.2, 0.25) is 0 Å². The molecule has 0 spiro atoms. The monoisotopic (exact) mass is 454 g/mol. The van der Waals surface area contributed by atoms with Crippen LogP contribution in [0.5, 0.6) is 0 Å². The second-order valence-corrected chi connectivity index (χ2v) is 8.89. The molecule has 1 aliphatic heterocycles. The highest BCUT2D eigenvalue weighted by Gasteiger charge is 2.19. The zero-order chi connectivity index (χ0) is 22.5. The highest BCUT2D eigenvalue weighted by atomic mass is 32.1. The van der Waals surface area contributed by atoms with E-state index in [2.05, 4.69) is 52.5 Å². The molecule has 5 heterocycles. The Bertz CT molecular complexity index is 1140. The third-order valence-electron chi connectivity index (χ3n) is 5.51. The number of hydrogen-bond donors (Lipinski definition) is 2. The van der Waals surface area contributed by atoms with Crippen LogP contribution in [-0.2, 0) is 11.3 Å². The molecule has 1 atom stereocenters. The molecule has 1 saturated heterocycles. The number of fused-ring (bicyclic) bond motifs is 1. The fourth-order valence-corrected chi connectivity index (χ4v) is 4.62. The highest BCUT2D eigenvalue weighted by Crippen LogP contribution is 2.28. The lowest BCUT2D eigenvalue weighted by Gasteiger charge is -2.32. The van der Waals surface area contributed by atoms with Gasteiger partial charge < -0.3 is 10.1 Å². The van der Waals surface area contributed by atoms with E-state index in [0.29, 0.717) is 6.04 Å². The Morgan fingerprint density at radius 3 is 2.88 bits per heavy atom. The van der Waals surface area contributed by atoms with Gasteiger partial charge in [-0.25, -0.2) is 9.97 Å². The third kappa shape index (κ3) is 4.98. The van der Waals surface area contributed by atoms with Crippen molar-refractivity contribution in [3.8, 4) is 11.3 Å². The summed E-state index contributed by atoms with van der Waals surface area (Å²) in [6.07, 6.45) is 11.4.